The molecule has 7 heteroatoms. The molecule has 1 heterocycles. The van der Waals surface area contributed by atoms with Gasteiger partial charge in [0, 0.05) is 30.8 Å². The van der Waals surface area contributed by atoms with Gasteiger partial charge >= 0.3 is 0 Å². The number of hydrogen-bond acceptors (Lipinski definition) is 5. The smallest absolute Gasteiger partial charge is 0.251 e. The highest BCUT2D eigenvalue weighted by molar-refractivity contribution is 5.94. The predicted octanol–water partition coefficient (Wildman–Crippen LogP) is 2.12. The molecule has 1 aliphatic rings. The molecular formula is C20H23FN4O2. The molecule has 0 bridgehead atoms. The lowest BCUT2D eigenvalue weighted by atomic mass is 10.1. The number of carbonyl (C=O) groups is 1. The van der Waals surface area contributed by atoms with E-state index in [4.69, 9.17) is 4.74 Å². The average Bonchev–Trinajstić information content (AvgIpc) is 3.18. The summed E-state index contributed by atoms with van der Waals surface area (Å²) in [6, 6.07) is 10.1. The number of aliphatic imine (C=N–C) groups is 1. The number of hydrogen-bond donors (Lipinski definition) is 3. The second kappa shape index (κ2) is 8.53. The van der Waals surface area contributed by atoms with Gasteiger partial charge in [-0.3, -0.25) is 9.79 Å². The number of nitrogens with one attached hydrogen (secondary N) is 3. The Balaban J connectivity index is 1.64. The van der Waals surface area contributed by atoms with Gasteiger partial charge in [0.2, 0.25) is 0 Å². The molecule has 27 heavy (non-hydrogen) atoms. The van der Waals surface area contributed by atoms with E-state index in [0.29, 0.717) is 30.2 Å². The molecule has 0 aliphatic carbocycles. The van der Waals surface area contributed by atoms with Gasteiger partial charge in [0.05, 0.1) is 13.7 Å². The summed E-state index contributed by atoms with van der Waals surface area (Å²) in [6.45, 7) is 4.07. The molecular weight excluding hydrogens is 347 g/mol. The molecule has 0 radical (unpaired) electrons. The van der Waals surface area contributed by atoms with Crippen LogP contribution >= 0.6 is 0 Å². The van der Waals surface area contributed by atoms with E-state index in [1.54, 1.807) is 13.2 Å². The molecule has 0 spiro atoms. The van der Waals surface area contributed by atoms with Crippen LogP contribution in [0.5, 0.6) is 5.75 Å². The van der Waals surface area contributed by atoms with Crippen LogP contribution in [0.3, 0.4) is 0 Å². The third kappa shape index (κ3) is 4.97. The second-order valence-electron chi connectivity index (χ2n) is 6.36. The number of ether oxygens (including phenoxy) is 1. The summed E-state index contributed by atoms with van der Waals surface area (Å²) < 4.78 is 19.3. The molecule has 3 rings (SSSR count). The molecule has 0 atom stereocenters. The van der Waals surface area contributed by atoms with Crippen molar-refractivity contribution in [2.45, 2.75) is 20.0 Å². The molecule has 142 valence electrons. The van der Waals surface area contributed by atoms with Crippen molar-refractivity contribution in [1.29, 1.82) is 0 Å². The largest absolute Gasteiger partial charge is 0.497 e. The predicted molar refractivity (Wildman–Crippen MR) is 102 cm³/mol. The first kappa shape index (κ1) is 18.7. The maximum atomic E-state index is 14.0. The van der Waals surface area contributed by atoms with Crippen molar-refractivity contribution in [3.63, 3.8) is 0 Å². The monoisotopic (exact) mass is 370 g/mol. The summed E-state index contributed by atoms with van der Waals surface area (Å²) in [7, 11) is 1.61. The summed E-state index contributed by atoms with van der Waals surface area (Å²) in [5, 5.41) is 8.96. The summed E-state index contributed by atoms with van der Waals surface area (Å²) in [4.78, 5) is 16.7. The van der Waals surface area contributed by atoms with Gasteiger partial charge in [-0.1, -0.05) is 6.07 Å². The van der Waals surface area contributed by atoms with Crippen LogP contribution in [0.2, 0.25) is 0 Å². The van der Waals surface area contributed by atoms with Gasteiger partial charge in [0.25, 0.3) is 5.91 Å². The SMILES string of the molecule is COc1cc(C)cc(CNC(=O)c2ccc(F)c(CNC3=NCCN3)c2)c1. The van der Waals surface area contributed by atoms with Crippen LogP contribution in [0.25, 0.3) is 0 Å². The van der Waals surface area contributed by atoms with E-state index in [1.807, 2.05) is 25.1 Å². The number of amides is 1. The summed E-state index contributed by atoms with van der Waals surface area (Å²) in [5.74, 6) is 0.782. The van der Waals surface area contributed by atoms with Gasteiger partial charge in [-0.25, -0.2) is 4.39 Å². The number of methoxy groups -OCH3 is 1. The van der Waals surface area contributed by atoms with E-state index in [1.165, 1.54) is 12.1 Å². The topological polar surface area (TPSA) is 74.8 Å². The van der Waals surface area contributed by atoms with Crippen LogP contribution in [-0.2, 0) is 13.1 Å². The number of aryl methyl sites for hydroxylation is 1. The van der Waals surface area contributed by atoms with Crippen molar-refractivity contribution in [3.8, 4) is 5.75 Å². The maximum Gasteiger partial charge on any atom is 0.251 e. The Hall–Kier alpha value is -3.09. The number of nitrogens with zero attached hydrogens (tertiary/aromatic N) is 1. The zero-order chi connectivity index (χ0) is 19.2. The minimum absolute atomic E-state index is 0.256. The minimum Gasteiger partial charge on any atom is -0.497 e. The molecule has 1 amide bonds. The lowest BCUT2D eigenvalue weighted by molar-refractivity contribution is 0.0950. The summed E-state index contributed by atoms with van der Waals surface area (Å²) in [5.41, 5.74) is 2.82. The van der Waals surface area contributed by atoms with E-state index in [9.17, 15) is 9.18 Å². The number of halogens is 1. The first-order valence-electron chi connectivity index (χ1n) is 8.78. The maximum absolute atomic E-state index is 14.0. The van der Waals surface area contributed by atoms with Gasteiger partial charge in [-0.2, -0.15) is 0 Å². The summed E-state index contributed by atoms with van der Waals surface area (Å²) >= 11 is 0. The van der Waals surface area contributed by atoms with E-state index in [0.717, 1.165) is 23.4 Å². The lowest BCUT2D eigenvalue weighted by Crippen LogP contribution is -2.33. The molecule has 1 aliphatic heterocycles. The van der Waals surface area contributed by atoms with E-state index in [-0.39, 0.29) is 18.3 Å². The Morgan fingerprint density at radius 1 is 1.26 bits per heavy atom. The molecule has 3 N–H and O–H groups in total. The first-order valence-corrected chi connectivity index (χ1v) is 8.78. The van der Waals surface area contributed by atoms with Crippen molar-refractivity contribution in [2.24, 2.45) is 4.99 Å². The molecule has 0 aromatic heterocycles. The van der Waals surface area contributed by atoms with Crippen molar-refractivity contribution < 1.29 is 13.9 Å². The van der Waals surface area contributed by atoms with E-state index < -0.39 is 0 Å². The summed E-state index contributed by atoms with van der Waals surface area (Å²) in [6.07, 6.45) is 0. The standard InChI is InChI=1S/C20H23FN4O2/c1-13-7-14(9-17(8-13)27-2)11-24-19(26)15-3-4-18(21)16(10-15)12-25-20-22-5-6-23-20/h3-4,7-10H,5-6,11-12H2,1-2H3,(H,24,26)(H2,22,23,25). The average molecular weight is 370 g/mol. The number of guanidine groups is 1. The highest BCUT2D eigenvalue weighted by Crippen LogP contribution is 2.16. The second-order valence-corrected chi connectivity index (χ2v) is 6.36. The lowest BCUT2D eigenvalue weighted by Gasteiger charge is -2.11. The molecule has 2 aromatic rings. The quantitative estimate of drug-likeness (QED) is 0.728. The Labute approximate surface area is 157 Å². The molecule has 6 nitrogen and oxygen atoms in total. The Bertz CT molecular complexity index is 867. The highest BCUT2D eigenvalue weighted by atomic mass is 19.1. The van der Waals surface area contributed by atoms with Crippen LogP contribution in [0.4, 0.5) is 4.39 Å². The first-order chi connectivity index (χ1) is 13.0. The highest BCUT2D eigenvalue weighted by Gasteiger charge is 2.11. The van der Waals surface area contributed by atoms with Crippen molar-refractivity contribution in [2.75, 3.05) is 20.2 Å². The third-order valence-electron chi connectivity index (χ3n) is 4.23. The van der Waals surface area contributed by atoms with Gasteiger partial charge in [0.15, 0.2) is 5.96 Å². The van der Waals surface area contributed by atoms with E-state index in [2.05, 4.69) is 20.9 Å². The van der Waals surface area contributed by atoms with Gasteiger partial charge < -0.3 is 20.7 Å². The number of rotatable bonds is 6. The number of carbonyl (C=O) groups excluding carboxylic acids is 1. The van der Waals surface area contributed by atoms with Crippen LogP contribution in [-0.4, -0.2) is 32.1 Å². The third-order valence-corrected chi connectivity index (χ3v) is 4.23. The Kier molecular flexibility index (Phi) is 5.90. The normalized spacial score (nSPS) is 12.9. The van der Waals surface area contributed by atoms with E-state index >= 15 is 0 Å². The van der Waals surface area contributed by atoms with Crippen molar-refractivity contribution in [1.82, 2.24) is 16.0 Å². The van der Waals surface area contributed by atoms with Crippen LogP contribution < -0.4 is 20.7 Å². The van der Waals surface area contributed by atoms with Crippen molar-refractivity contribution in [3.05, 3.63) is 64.5 Å². The molecule has 0 saturated carbocycles. The van der Waals surface area contributed by atoms with Gasteiger partial charge in [0.1, 0.15) is 11.6 Å². The zero-order valence-corrected chi connectivity index (χ0v) is 15.4. The number of benzene rings is 2. The van der Waals surface area contributed by atoms with Crippen LogP contribution in [0.1, 0.15) is 27.0 Å². The fraction of sp³-hybridized carbons (Fsp3) is 0.300. The molecule has 0 unspecified atom stereocenters. The fourth-order valence-corrected chi connectivity index (χ4v) is 2.88. The molecule has 0 fully saturated rings. The van der Waals surface area contributed by atoms with Gasteiger partial charge in [-0.05, 0) is 48.4 Å². The zero-order valence-electron chi connectivity index (χ0n) is 15.4. The van der Waals surface area contributed by atoms with Crippen LogP contribution in [0.15, 0.2) is 41.4 Å². The molecule has 2 aromatic carbocycles. The molecule has 0 saturated heterocycles. The van der Waals surface area contributed by atoms with Gasteiger partial charge in [-0.15, -0.1) is 0 Å². The fourth-order valence-electron chi connectivity index (χ4n) is 2.88. The minimum atomic E-state index is -0.360. The Morgan fingerprint density at radius 3 is 2.85 bits per heavy atom. The van der Waals surface area contributed by atoms with Crippen LogP contribution in [0, 0.1) is 12.7 Å². The van der Waals surface area contributed by atoms with Crippen molar-refractivity contribution >= 4 is 11.9 Å². The Morgan fingerprint density at radius 2 is 2.11 bits per heavy atom.